The van der Waals surface area contributed by atoms with Crippen LogP contribution in [0.2, 0.25) is 0 Å². The van der Waals surface area contributed by atoms with Crippen LogP contribution >= 0.6 is 0 Å². The normalized spacial score (nSPS) is 13.4. The van der Waals surface area contributed by atoms with Crippen molar-refractivity contribution in [2.75, 3.05) is 20.7 Å². The third-order valence-corrected chi connectivity index (χ3v) is 2.26. The summed E-state index contributed by atoms with van der Waals surface area (Å²) >= 11 is 0. The molecule has 7 heteroatoms. The first kappa shape index (κ1) is 15.2. The predicted molar refractivity (Wildman–Crippen MR) is 61.0 cm³/mol. The molecular formula is C10H19N3O4. The van der Waals surface area contributed by atoms with Gasteiger partial charge in [0.1, 0.15) is 6.04 Å². The van der Waals surface area contributed by atoms with Crippen molar-refractivity contribution in [3.63, 3.8) is 0 Å². The first-order valence-corrected chi connectivity index (χ1v) is 5.18. The van der Waals surface area contributed by atoms with Crippen LogP contribution in [0.5, 0.6) is 0 Å². The van der Waals surface area contributed by atoms with Crippen molar-refractivity contribution in [3.8, 4) is 0 Å². The van der Waals surface area contributed by atoms with Gasteiger partial charge in [-0.2, -0.15) is 0 Å². The first-order valence-electron chi connectivity index (χ1n) is 5.18. The van der Waals surface area contributed by atoms with Crippen LogP contribution in [0, 0.1) is 5.92 Å². The summed E-state index contributed by atoms with van der Waals surface area (Å²) in [6.45, 7) is 3.39. The molecule has 0 aromatic rings. The van der Waals surface area contributed by atoms with Crippen LogP contribution < -0.4 is 11.1 Å². The number of nitrogens with zero attached hydrogens (tertiary/aromatic N) is 1. The van der Waals surface area contributed by atoms with Crippen LogP contribution in [0.25, 0.3) is 0 Å². The van der Waals surface area contributed by atoms with Crippen LogP contribution in [0.1, 0.15) is 13.8 Å². The highest BCUT2D eigenvalue weighted by Gasteiger charge is 2.22. The molecule has 0 rings (SSSR count). The summed E-state index contributed by atoms with van der Waals surface area (Å²) in [7, 11) is 2.83. The van der Waals surface area contributed by atoms with Gasteiger partial charge in [-0.3, -0.25) is 9.59 Å². The number of carbonyl (C=O) groups is 3. The van der Waals surface area contributed by atoms with Gasteiger partial charge >= 0.3 is 12.0 Å². The lowest BCUT2D eigenvalue weighted by Gasteiger charge is -2.23. The van der Waals surface area contributed by atoms with Crippen molar-refractivity contribution in [2.45, 2.75) is 19.9 Å². The van der Waals surface area contributed by atoms with Gasteiger partial charge in [0.25, 0.3) is 0 Å². The molecule has 0 radical (unpaired) electrons. The SMILES string of the molecule is COC(=O)C(C)CN(C)C(=O)C(C)NC(N)=O. The molecule has 0 aliphatic carbocycles. The average Bonchev–Trinajstić information content (AvgIpc) is 2.25. The molecule has 3 amide bonds. The van der Waals surface area contributed by atoms with Gasteiger partial charge in [-0.15, -0.1) is 0 Å². The number of hydrogen-bond donors (Lipinski definition) is 2. The van der Waals surface area contributed by atoms with E-state index in [9.17, 15) is 14.4 Å². The molecule has 17 heavy (non-hydrogen) atoms. The molecule has 0 heterocycles. The highest BCUT2D eigenvalue weighted by Crippen LogP contribution is 2.02. The van der Waals surface area contributed by atoms with Gasteiger partial charge in [-0.05, 0) is 6.92 Å². The second kappa shape index (κ2) is 6.72. The number of hydrogen-bond acceptors (Lipinski definition) is 4. The van der Waals surface area contributed by atoms with E-state index < -0.39 is 18.0 Å². The van der Waals surface area contributed by atoms with Gasteiger partial charge < -0.3 is 20.7 Å². The Kier molecular flexibility index (Phi) is 6.01. The topological polar surface area (TPSA) is 102 Å². The fraction of sp³-hybridized carbons (Fsp3) is 0.700. The minimum atomic E-state index is -0.764. The van der Waals surface area contributed by atoms with E-state index in [2.05, 4.69) is 10.1 Å². The lowest BCUT2D eigenvalue weighted by molar-refractivity contribution is -0.146. The largest absolute Gasteiger partial charge is 0.469 e. The summed E-state index contributed by atoms with van der Waals surface area (Å²) in [5, 5.41) is 2.27. The maximum atomic E-state index is 11.7. The molecule has 0 spiro atoms. The smallest absolute Gasteiger partial charge is 0.312 e. The van der Waals surface area contributed by atoms with Crippen molar-refractivity contribution in [3.05, 3.63) is 0 Å². The number of urea groups is 1. The summed E-state index contributed by atoms with van der Waals surface area (Å²) in [6.07, 6.45) is 0. The second-order valence-electron chi connectivity index (χ2n) is 3.87. The molecule has 0 fully saturated rings. The minimum absolute atomic E-state index is 0.219. The molecule has 0 aromatic heterocycles. The molecule has 7 nitrogen and oxygen atoms in total. The summed E-state index contributed by atoms with van der Waals surface area (Å²) in [5.74, 6) is -1.13. The number of nitrogens with one attached hydrogen (secondary N) is 1. The minimum Gasteiger partial charge on any atom is -0.469 e. The molecule has 0 saturated heterocycles. The van der Waals surface area contributed by atoms with Crippen LogP contribution in [0.15, 0.2) is 0 Å². The summed E-state index contributed by atoms with van der Waals surface area (Å²) < 4.78 is 4.55. The van der Waals surface area contributed by atoms with Gasteiger partial charge in [-0.25, -0.2) is 4.79 Å². The summed E-state index contributed by atoms with van der Waals surface area (Å²) in [5.41, 5.74) is 4.91. The number of ether oxygens (including phenoxy) is 1. The Morgan fingerprint density at radius 1 is 1.35 bits per heavy atom. The number of nitrogens with two attached hydrogens (primary N) is 1. The third kappa shape index (κ3) is 5.19. The van der Waals surface area contributed by atoms with Crippen molar-refractivity contribution in [1.82, 2.24) is 10.2 Å². The van der Waals surface area contributed by atoms with E-state index in [1.165, 1.54) is 18.9 Å². The van der Waals surface area contributed by atoms with E-state index >= 15 is 0 Å². The number of likely N-dealkylation sites (N-methyl/N-ethyl adjacent to an activating group) is 1. The Labute approximate surface area is 100 Å². The molecule has 0 aromatic carbocycles. The fourth-order valence-corrected chi connectivity index (χ4v) is 1.38. The number of methoxy groups -OCH3 is 1. The summed E-state index contributed by atoms with van der Waals surface area (Å²) in [4.78, 5) is 34.8. The first-order chi connectivity index (χ1) is 7.79. The zero-order valence-electron chi connectivity index (χ0n) is 10.5. The number of rotatable bonds is 5. The predicted octanol–water partition coefficient (Wildman–Crippen LogP) is -0.689. The molecule has 0 saturated carbocycles. The molecule has 0 aliphatic heterocycles. The monoisotopic (exact) mass is 245 g/mol. The third-order valence-electron chi connectivity index (χ3n) is 2.26. The average molecular weight is 245 g/mol. The molecule has 0 aliphatic rings. The van der Waals surface area contributed by atoms with Crippen LogP contribution in [0.4, 0.5) is 4.79 Å². The second-order valence-corrected chi connectivity index (χ2v) is 3.87. The van der Waals surface area contributed by atoms with Crippen LogP contribution in [-0.2, 0) is 14.3 Å². The number of esters is 1. The zero-order chi connectivity index (χ0) is 13.6. The van der Waals surface area contributed by atoms with Crippen LogP contribution in [0.3, 0.4) is 0 Å². The Bertz CT molecular complexity index is 306. The lowest BCUT2D eigenvalue weighted by atomic mass is 10.1. The molecule has 98 valence electrons. The van der Waals surface area contributed by atoms with Crippen molar-refractivity contribution >= 4 is 17.9 Å². The number of amides is 3. The van der Waals surface area contributed by atoms with Crippen molar-refractivity contribution in [2.24, 2.45) is 11.7 Å². The maximum absolute atomic E-state index is 11.7. The number of primary amides is 1. The van der Waals surface area contributed by atoms with E-state index in [0.717, 1.165) is 0 Å². The molecular weight excluding hydrogens is 226 g/mol. The molecule has 3 N–H and O–H groups in total. The van der Waals surface area contributed by atoms with Crippen molar-refractivity contribution < 1.29 is 19.1 Å². The van der Waals surface area contributed by atoms with Gasteiger partial charge in [0.15, 0.2) is 0 Å². The van der Waals surface area contributed by atoms with Gasteiger partial charge in [-0.1, -0.05) is 6.92 Å². The highest BCUT2D eigenvalue weighted by molar-refractivity contribution is 5.86. The van der Waals surface area contributed by atoms with Crippen LogP contribution in [-0.4, -0.2) is 49.6 Å². The maximum Gasteiger partial charge on any atom is 0.312 e. The summed E-state index contributed by atoms with van der Waals surface area (Å²) in [6, 6.07) is -1.48. The molecule has 2 atom stereocenters. The van der Waals surface area contributed by atoms with E-state index in [0.29, 0.717) is 0 Å². The molecule has 0 bridgehead atoms. The van der Waals surface area contributed by atoms with Gasteiger partial charge in [0.2, 0.25) is 5.91 Å². The Hall–Kier alpha value is -1.79. The standard InChI is InChI=1S/C10H19N3O4/c1-6(9(15)17-4)5-13(3)8(14)7(2)12-10(11)16/h6-7H,5H2,1-4H3,(H3,11,12,16). The zero-order valence-corrected chi connectivity index (χ0v) is 10.5. The number of carbonyl (C=O) groups excluding carboxylic acids is 3. The van der Waals surface area contributed by atoms with Gasteiger partial charge in [0.05, 0.1) is 13.0 Å². The Morgan fingerprint density at radius 2 is 1.88 bits per heavy atom. The Balaban J connectivity index is 4.31. The molecule has 2 unspecified atom stereocenters. The van der Waals surface area contributed by atoms with E-state index in [1.807, 2.05) is 0 Å². The van der Waals surface area contributed by atoms with Gasteiger partial charge in [0, 0.05) is 13.6 Å². The lowest BCUT2D eigenvalue weighted by Crippen LogP contribution is -2.48. The quantitative estimate of drug-likeness (QED) is 0.626. The van der Waals surface area contributed by atoms with E-state index in [-0.39, 0.29) is 18.4 Å². The highest BCUT2D eigenvalue weighted by atomic mass is 16.5. The van der Waals surface area contributed by atoms with E-state index in [1.54, 1.807) is 14.0 Å². The van der Waals surface area contributed by atoms with E-state index in [4.69, 9.17) is 5.73 Å². The fourth-order valence-electron chi connectivity index (χ4n) is 1.38. The Morgan fingerprint density at radius 3 is 2.29 bits per heavy atom. The van der Waals surface area contributed by atoms with Crippen molar-refractivity contribution in [1.29, 1.82) is 0 Å².